The number of likely N-dealkylation sites (N-methyl/N-ethyl adjacent to an activating group) is 1. The predicted molar refractivity (Wildman–Crippen MR) is 82.1 cm³/mol. The summed E-state index contributed by atoms with van der Waals surface area (Å²) in [6.45, 7) is 2.36. The standard InChI is InChI=1S/C17H26N2O/c1-18(2)13-6-5-11-19(12-13)16-9-3-8-15-14(16)7-4-10-17(15)20/h4,7,10,13,16,20H,3,5-6,8-9,11-12H2,1-2H3. The zero-order chi connectivity index (χ0) is 14.1. The fraction of sp³-hybridized carbons (Fsp3) is 0.647. The van der Waals surface area contributed by atoms with Crippen LogP contribution in [0.15, 0.2) is 18.2 Å². The van der Waals surface area contributed by atoms with Crippen molar-refractivity contribution in [1.29, 1.82) is 0 Å². The number of likely N-dealkylation sites (tertiary alicyclic amines) is 1. The first-order valence-electron chi connectivity index (χ1n) is 7.88. The molecule has 0 spiro atoms. The van der Waals surface area contributed by atoms with Crippen molar-refractivity contribution in [3.8, 4) is 5.75 Å². The number of hydrogen-bond donors (Lipinski definition) is 1. The molecule has 110 valence electrons. The van der Waals surface area contributed by atoms with E-state index in [1.807, 2.05) is 12.1 Å². The number of hydrogen-bond acceptors (Lipinski definition) is 3. The maximum Gasteiger partial charge on any atom is 0.119 e. The first kappa shape index (κ1) is 13.9. The number of rotatable bonds is 2. The summed E-state index contributed by atoms with van der Waals surface area (Å²) in [5.74, 6) is 0.494. The van der Waals surface area contributed by atoms with Gasteiger partial charge in [0.05, 0.1) is 0 Å². The van der Waals surface area contributed by atoms with E-state index in [9.17, 15) is 5.11 Å². The maximum atomic E-state index is 10.1. The van der Waals surface area contributed by atoms with E-state index < -0.39 is 0 Å². The molecule has 0 amide bonds. The van der Waals surface area contributed by atoms with Gasteiger partial charge in [-0.1, -0.05) is 12.1 Å². The van der Waals surface area contributed by atoms with Crippen LogP contribution in [-0.2, 0) is 6.42 Å². The fourth-order valence-corrected chi connectivity index (χ4v) is 3.87. The van der Waals surface area contributed by atoms with Crippen LogP contribution in [0.3, 0.4) is 0 Å². The Kier molecular flexibility index (Phi) is 3.99. The quantitative estimate of drug-likeness (QED) is 0.898. The van der Waals surface area contributed by atoms with Crippen LogP contribution in [0.4, 0.5) is 0 Å². The van der Waals surface area contributed by atoms with E-state index in [-0.39, 0.29) is 0 Å². The number of phenolic OH excluding ortho intramolecular Hbond substituents is 1. The van der Waals surface area contributed by atoms with Crippen LogP contribution >= 0.6 is 0 Å². The molecule has 0 radical (unpaired) electrons. The van der Waals surface area contributed by atoms with Crippen molar-refractivity contribution in [1.82, 2.24) is 9.80 Å². The fourth-order valence-electron chi connectivity index (χ4n) is 3.87. The van der Waals surface area contributed by atoms with Gasteiger partial charge in [-0.25, -0.2) is 0 Å². The molecule has 3 heteroatoms. The zero-order valence-corrected chi connectivity index (χ0v) is 12.7. The molecular formula is C17H26N2O. The molecule has 2 unspecified atom stereocenters. The van der Waals surface area contributed by atoms with Gasteiger partial charge in [-0.3, -0.25) is 4.90 Å². The van der Waals surface area contributed by atoms with Crippen LogP contribution in [0, 0.1) is 0 Å². The minimum atomic E-state index is 0.494. The van der Waals surface area contributed by atoms with Crippen molar-refractivity contribution in [2.75, 3.05) is 27.2 Å². The Hall–Kier alpha value is -1.06. The van der Waals surface area contributed by atoms with E-state index in [1.54, 1.807) is 0 Å². The molecule has 1 aromatic rings. The zero-order valence-electron chi connectivity index (χ0n) is 12.7. The number of nitrogens with zero attached hydrogens (tertiary/aromatic N) is 2. The smallest absolute Gasteiger partial charge is 0.119 e. The average Bonchev–Trinajstić information content (AvgIpc) is 2.47. The molecule has 0 saturated carbocycles. The monoisotopic (exact) mass is 274 g/mol. The van der Waals surface area contributed by atoms with Gasteiger partial charge < -0.3 is 10.0 Å². The maximum absolute atomic E-state index is 10.1. The third-order valence-electron chi connectivity index (χ3n) is 5.05. The first-order valence-corrected chi connectivity index (χ1v) is 7.88. The second-order valence-electron chi connectivity index (χ2n) is 6.51. The van der Waals surface area contributed by atoms with Crippen LogP contribution in [0.2, 0.25) is 0 Å². The minimum absolute atomic E-state index is 0.494. The van der Waals surface area contributed by atoms with Gasteiger partial charge in [0.2, 0.25) is 0 Å². The average molecular weight is 274 g/mol. The van der Waals surface area contributed by atoms with E-state index in [2.05, 4.69) is 30.0 Å². The Bertz CT molecular complexity index is 472. The normalized spacial score (nSPS) is 27.6. The summed E-state index contributed by atoms with van der Waals surface area (Å²) >= 11 is 0. The summed E-state index contributed by atoms with van der Waals surface area (Å²) in [6, 6.07) is 7.23. The van der Waals surface area contributed by atoms with E-state index in [1.165, 1.54) is 43.4 Å². The molecular weight excluding hydrogens is 248 g/mol. The summed E-state index contributed by atoms with van der Waals surface area (Å²) < 4.78 is 0. The van der Waals surface area contributed by atoms with Gasteiger partial charge in [-0.15, -0.1) is 0 Å². The summed E-state index contributed by atoms with van der Waals surface area (Å²) in [5, 5.41) is 10.1. The van der Waals surface area contributed by atoms with Gasteiger partial charge in [-0.05, 0) is 69.9 Å². The van der Waals surface area contributed by atoms with Gasteiger partial charge in [0.25, 0.3) is 0 Å². The van der Waals surface area contributed by atoms with Gasteiger partial charge in [-0.2, -0.15) is 0 Å². The third-order valence-corrected chi connectivity index (χ3v) is 5.05. The molecule has 2 atom stereocenters. The highest BCUT2D eigenvalue weighted by atomic mass is 16.3. The Labute approximate surface area is 122 Å². The lowest BCUT2D eigenvalue weighted by atomic mass is 9.85. The summed E-state index contributed by atoms with van der Waals surface area (Å²) in [5.41, 5.74) is 2.56. The van der Waals surface area contributed by atoms with Crippen LogP contribution in [0.25, 0.3) is 0 Å². The molecule has 1 aromatic carbocycles. The number of aromatic hydroxyl groups is 1. The molecule has 1 N–H and O–H groups in total. The van der Waals surface area contributed by atoms with Crippen molar-refractivity contribution in [2.45, 2.75) is 44.2 Å². The lowest BCUT2D eigenvalue weighted by Crippen LogP contribution is -2.46. The van der Waals surface area contributed by atoms with Gasteiger partial charge in [0, 0.05) is 18.6 Å². The van der Waals surface area contributed by atoms with E-state index in [4.69, 9.17) is 0 Å². The van der Waals surface area contributed by atoms with Crippen LogP contribution < -0.4 is 0 Å². The third kappa shape index (κ3) is 2.57. The molecule has 0 aromatic heterocycles. The van der Waals surface area contributed by atoms with E-state index >= 15 is 0 Å². The molecule has 0 bridgehead atoms. The Morgan fingerprint density at radius 3 is 2.85 bits per heavy atom. The number of benzene rings is 1. The van der Waals surface area contributed by atoms with Crippen LogP contribution in [0.5, 0.6) is 5.75 Å². The second-order valence-corrected chi connectivity index (χ2v) is 6.51. The van der Waals surface area contributed by atoms with E-state index in [0.29, 0.717) is 17.8 Å². The molecule has 1 fully saturated rings. The lowest BCUT2D eigenvalue weighted by molar-refractivity contribution is 0.0876. The molecule has 3 nitrogen and oxygen atoms in total. The van der Waals surface area contributed by atoms with Crippen molar-refractivity contribution >= 4 is 0 Å². The van der Waals surface area contributed by atoms with E-state index in [0.717, 1.165) is 13.0 Å². The van der Waals surface area contributed by atoms with Crippen molar-refractivity contribution in [3.05, 3.63) is 29.3 Å². The van der Waals surface area contributed by atoms with Crippen molar-refractivity contribution in [2.24, 2.45) is 0 Å². The molecule has 1 heterocycles. The number of piperidine rings is 1. The Balaban J connectivity index is 1.83. The molecule has 1 saturated heterocycles. The Morgan fingerprint density at radius 2 is 2.05 bits per heavy atom. The minimum Gasteiger partial charge on any atom is -0.508 e. The highest BCUT2D eigenvalue weighted by molar-refractivity contribution is 5.42. The SMILES string of the molecule is CN(C)C1CCCN(C2CCCc3c(O)cccc32)C1. The molecule has 3 rings (SSSR count). The highest BCUT2D eigenvalue weighted by Gasteiger charge is 2.31. The summed E-state index contributed by atoms with van der Waals surface area (Å²) in [6.07, 6.45) is 6.05. The molecule has 1 aliphatic heterocycles. The van der Waals surface area contributed by atoms with Crippen LogP contribution in [0.1, 0.15) is 42.9 Å². The molecule has 2 aliphatic rings. The Morgan fingerprint density at radius 1 is 1.20 bits per heavy atom. The van der Waals surface area contributed by atoms with Gasteiger partial charge in [0.15, 0.2) is 0 Å². The number of phenols is 1. The lowest BCUT2D eigenvalue weighted by Gasteiger charge is -2.42. The highest BCUT2D eigenvalue weighted by Crippen LogP contribution is 2.39. The molecule has 20 heavy (non-hydrogen) atoms. The summed E-state index contributed by atoms with van der Waals surface area (Å²) in [7, 11) is 4.38. The van der Waals surface area contributed by atoms with Crippen LogP contribution in [-0.4, -0.2) is 48.1 Å². The van der Waals surface area contributed by atoms with Gasteiger partial charge >= 0.3 is 0 Å². The van der Waals surface area contributed by atoms with Gasteiger partial charge in [0.1, 0.15) is 5.75 Å². The molecule has 1 aliphatic carbocycles. The largest absolute Gasteiger partial charge is 0.508 e. The number of fused-ring (bicyclic) bond motifs is 1. The second kappa shape index (κ2) is 5.74. The first-order chi connectivity index (χ1) is 9.66. The topological polar surface area (TPSA) is 26.7 Å². The van der Waals surface area contributed by atoms with Crippen molar-refractivity contribution < 1.29 is 5.11 Å². The predicted octanol–water partition coefficient (Wildman–Crippen LogP) is 2.80. The summed E-state index contributed by atoms with van der Waals surface area (Å²) in [4.78, 5) is 5.00. The van der Waals surface area contributed by atoms with Crippen molar-refractivity contribution in [3.63, 3.8) is 0 Å².